The third-order valence-electron chi connectivity index (χ3n) is 3.37. The van der Waals surface area contributed by atoms with Crippen molar-refractivity contribution in [2.45, 2.75) is 27.4 Å². The highest BCUT2D eigenvalue weighted by Gasteiger charge is 2.12. The minimum atomic E-state index is 0.0436. The Morgan fingerprint density at radius 3 is 2.19 bits per heavy atom. The monoisotopic (exact) mass is 346 g/mol. The van der Waals surface area contributed by atoms with Gasteiger partial charge >= 0.3 is 0 Å². The van der Waals surface area contributed by atoms with Crippen LogP contribution in [0.4, 0.5) is 0 Å². The van der Waals surface area contributed by atoms with E-state index in [9.17, 15) is 4.79 Å². The van der Waals surface area contributed by atoms with Crippen LogP contribution < -0.4 is 0 Å². The Kier molecular flexibility index (Phi) is 5.32. The molecule has 21 heavy (non-hydrogen) atoms. The third-order valence-corrected chi connectivity index (χ3v) is 3.90. The molecule has 0 amide bonds. The van der Waals surface area contributed by atoms with Gasteiger partial charge in [-0.1, -0.05) is 45.8 Å². The fraction of sp³-hybridized carbons (Fsp3) is 0.278. The van der Waals surface area contributed by atoms with Gasteiger partial charge in [0.25, 0.3) is 0 Å². The van der Waals surface area contributed by atoms with Gasteiger partial charge in [-0.3, -0.25) is 4.79 Å². The maximum Gasteiger partial charge on any atom is 0.189 e. The molecule has 110 valence electrons. The molecule has 0 saturated carbocycles. The van der Waals surface area contributed by atoms with Gasteiger partial charge in [-0.2, -0.15) is 0 Å². The summed E-state index contributed by atoms with van der Waals surface area (Å²) in [6.45, 7) is 6.55. The number of aryl methyl sites for hydroxylation is 3. The number of ether oxygens (including phenoxy) is 1. The quantitative estimate of drug-likeness (QED) is 0.728. The average molecular weight is 347 g/mol. The minimum Gasteiger partial charge on any atom is -0.369 e. The van der Waals surface area contributed by atoms with E-state index in [0.717, 1.165) is 26.7 Å². The summed E-state index contributed by atoms with van der Waals surface area (Å²) in [5, 5.41) is 0. The van der Waals surface area contributed by atoms with Crippen LogP contribution in [-0.2, 0) is 11.3 Å². The van der Waals surface area contributed by atoms with Crippen molar-refractivity contribution in [3.8, 4) is 0 Å². The molecule has 2 nitrogen and oxygen atoms in total. The molecular weight excluding hydrogens is 328 g/mol. The van der Waals surface area contributed by atoms with Gasteiger partial charge in [-0.05, 0) is 49.6 Å². The van der Waals surface area contributed by atoms with Crippen LogP contribution in [0.15, 0.2) is 40.9 Å². The van der Waals surface area contributed by atoms with E-state index in [-0.39, 0.29) is 12.4 Å². The molecule has 0 saturated heterocycles. The van der Waals surface area contributed by atoms with E-state index >= 15 is 0 Å². The fourth-order valence-corrected chi connectivity index (χ4v) is 2.80. The number of Topliss-reactive ketones (excluding diaryl/α,β-unsaturated/α-hetero) is 1. The Morgan fingerprint density at radius 1 is 1.05 bits per heavy atom. The summed E-state index contributed by atoms with van der Waals surface area (Å²) in [6.07, 6.45) is 0. The summed E-state index contributed by atoms with van der Waals surface area (Å²) >= 11 is 3.39. The Hall–Kier alpha value is -1.45. The number of halogens is 1. The molecule has 0 aliphatic carbocycles. The molecule has 2 aromatic rings. The maximum atomic E-state index is 12.3. The molecule has 0 spiro atoms. The lowest BCUT2D eigenvalue weighted by molar-refractivity contribution is 0.0725. The molecule has 0 aromatic heterocycles. The van der Waals surface area contributed by atoms with Crippen LogP contribution in [0.25, 0.3) is 0 Å². The third kappa shape index (κ3) is 4.26. The first-order valence-corrected chi connectivity index (χ1v) is 7.70. The molecule has 0 heterocycles. The van der Waals surface area contributed by atoms with E-state index in [1.807, 2.05) is 57.2 Å². The standard InChI is InChI=1S/C18H19BrO2/c1-12-8-13(2)18(14(3)9-12)17(20)11-21-10-15-4-6-16(19)7-5-15/h4-9H,10-11H2,1-3H3. The number of hydrogen-bond donors (Lipinski definition) is 0. The molecule has 0 aliphatic rings. The second kappa shape index (κ2) is 7.01. The van der Waals surface area contributed by atoms with Crippen molar-refractivity contribution in [3.63, 3.8) is 0 Å². The molecule has 0 bridgehead atoms. The summed E-state index contributed by atoms with van der Waals surface area (Å²) in [4.78, 5) is 12.3. The first-order valence-electron chi connectivity index (χ1n) is 6.90. The lowest BCUT2D eigenvalue weighted by Crippen LogP contribution is -2.12. The predicted molar refractivity (Wildman–Crippen MR) is 88.8 cm³/mol. The molecule has 0 unspecified atom stereocenters. The van der Waals surface area contributed by atoms with E-state index in [1.165, 1.54) is 5.56 Å². The second-order valence-electron chi connectivity index (χ2n) is 5.32. The Morgan fingerprint density at radius 2 is 1.62 bits per heavy atom. The van der Waals surface area contributed by atoms with Crippen molar-refractivity contribution < 1.29 is 9.53 Å². The largest absolute Gasteiger partial charge is 0.369 e. The van der Waals surface area contributed by atoms with Crippen molar-refractivity contribution in [2.75, 3.05) is 6.61 Å². The number of hydrogen-bond acceptors (Lipinski definition) is 2. The highest BCUT2D eigenvalue weighted by molar-refractivity contribution is 9.10. The molecule has 0 radical (unpaired) electrons. The van der Waals surface area contributed by atoms with Gasteiger partial charge in [0.2, 0.25) is 0 Å². The zero-order chi connectivity index (χ0) is 15.4. The van der Waals surface area contributed by atoms with Crippen molar-refractivity contribution in [1.29, 1.82) is 0 Å². The van der Waals surface area contributed by atoms with Gasteiger partial charge in [0, 0.05) is 10.0 Å². The summed E-state index contributed by atoms with van der Waals surface area (Å²) in [6, 6.07) is 12.0. The van der Waals surface area contributed by atoms with Crippen molar-refractivity contribution in [3.05, 3.63) is 68.7 Å². The first kappa shape index (κ1) is 15.9. The van der Waals surface area contributed by atoms with E-state index < -0.39 is 0 Å². The number of rotatable bonds is 5. The lowest BCUT2D eigenvalue weighted by Gasteiger charge is -2.11. The molecule has 0 aliphatic heterocycles. The highest BCUT2D eigenvalue weighted by Crippen LogP contribution is 2.17. The zero-order valence-electron chi connectivity index (χ0n) is 12.6. The number of carbonyl (C=O) groups excluding carboxylic acids is 1. The molecule has 2 aromatic carbocycles. The Bertz CT molecular complexity index is 622. The molecule has 0 atom stereocenters. The topological polar surface area (TPSA) is 26.3 Å². The smallest absolute Gasteiger partial charge is 0.189 e. The van der Waals surface area contributed by atoms with Gasteiger partial charge < -0.3 is 4.74 Å². The van der Waals surface area contributed by atoms with Crippen molar-refractivity contribution in [2.24, 2.45) is 0 Å². The van der Waals surface area contributed by atoms with Crippen molar-refractivity contribution in [1.82, 2.24) is 0 Å². The normalized spacial score (nSPS) is 10.7. The summed E-state index contributed by atoms with van der Waals surface area (Å²) in [5.41, 5.74) is 5.06. The van der Waals surface area contributed by atoms with E-state index in [1.54, 1.807) is 0 Å². The number of carbonyl (C=O) groups is 1. The fourth-order valence-electron chi connectivity index (χ4n) is 2.53. The van der Waals surface area contributed by atoms with Crippen molar-refractivity contribution >= 4 is 21.7 Å². The van der Waals surface area contributed by atoms with E-state index in [2.05, 4.69) is 15.9 Å². The molecule has 3 heteroatoms. The van der Waals surface area contributed by atoms with Crippen LogP contribution in [0.1, 0.15) is 32.6 Å². The minimum absolute atomic E-state index is 0.0436. The SMILES string of the molecule is Cc1cc(C)c(C(=O)COCc2ccc(Br)cc2)c(C)c1. The lowest BCUT2D eigenvalue weighted by atomic mass is 9.97. The zero-order valence-corrected chi connectivity index (χ0v) is 14.2. The van der Waals surface area contributed by atoms with Crippen LogP contribution in [0.2, 0.25) is 0 Å². The van der Waals surface area contributed by atoms with Crippen LogP contribution >= 0.6 is 15.9 Å². The van der Waals surface area contributed by atoms with Gasteiger partial charge in [0.15, 0.2) is 5.78 Å². The second-order valence-corrected chi connectivity index (χ2v) is 6.23. The summed E-state index contributed by atoms with van der Waals surface area (Å²) in [5.74, 6) is 0.0436. The molecule has 0 fully saturated rings. The van der Waals surface area contributed by atoms with Crippen LogP contribution in [0, 0.1) is 20.8 Å². The van der Waals surface area contributed by atoms with Gasteiger partial charge in [0.1, 0.15) is 6.61 Å². The van der Waals surface area contributed by atoms with Gasteiger partial charge in [0.05, 0.1) is 6.61 Å². The Labute approximate surface area is 134 Å². The predicted octanol–water partition coefficient (Wildman–Crippen LogP) is 4.77. The average Bonchev–Trinajstić information content (AvgIpc) is 2.40. The Balaban J connectivity index is 1.98. The van der Waals surface area contributed by atoms with E-state index in [0.29, 0.717) is 6.61 Å². The van der Waals surface area contributed by atoms with Gasteiger partial charge in [-0.15, -0.1) is 0 Å². The highest BCUT2D eigenvalue weighted by atomic mass is 79.9. The number of benzene rings is 2. The number of ketones is 1. The first-order chi connectivity index (χ1) is 9.97. The van der Waals surface area contributed by atoms with Crippen LogP contribution in [-0.4, -0.2) is 12.4 Å². The summed E-state index contributed by atoms with van der Waals surface area (Å²) < 4.78 is 6.59. The van der Waals surface area contributed by atoms with Crippen LogP contribution in [0.5, 0.6) is 0 Å². The summed E-state index contributed by atoms with van der Waals surface area (Å²) in [7, 11) is 0. The maximum absolute atomic E-state index is 12.3. The molecule has 0 N–H and O–H groups in total. The molecular formula is C18H19BrO2. The van der Waals surface area contributed by atoms with Gasteiger partial charge in [-0.25, -0.2) is 0 Å². The molecule has 2 rings (SSSR count). The van der Waals surface area contributed by atoms with E-state index in [4.69, 9.17) is 4.74 Å². The van der Waals surface area contributed by atoms with Crippen LogP contribution in [0.3, 0.4) is 0 Å².